The van der Waals surface area contributed by atoms with Crippen LogP contribution in [0.5, 0.6) is 0 Å². The standard InChI is InChI=1S/C10H20N2O3/c1-4-6-12(5-2)7-9(10(14)15)11-8(3)13/h9H,4-7H2,1-3H3,(H,11,13)(H,14,15). The molecule has 5 heteroatoms. The van der Waals surface area contributed by atoms with Gasteiger partial charge in [-0.15, -0.1) is 0 Å². The highest BCUT2D eigenvalue weighted by Crippen LogP contribution is 1.95. The molecule has 0 rings (SSSR count). The summed E-state index contributed by atoms with van der Waals surface area (Å²) in [6.45, 7) is 7.33. The second kappa shape index (κ2) is 7.23. The monoisotopic (exact) mass is 216 g/mol. The van der Waals surface area contributed by atoms with Gasteiger partial charge in [-0.3, -0.25) is 4.79 Å². The van der Waals surface area contributed by atoms with Crippen LogP contribution in [0.3, 0.4) is 0 Å². The number of rotatable bonds is 7. The van der Waals surface area contributed by atoms with Gasteiger partial charge in [0.1, 0.15) is 6.04 Å². The summed E-state index contributed by atoms with van der Waals surface area (Å²) in [6.07, 6.45) is 0.972. The van der Waals surface area contributed by atoms with Crippen LogP contribution < -0.4 is 5.32 Å². The van der Waals surface area contributed by atoms with Crippen molar-refractivity contribution < 1.29 is 14.7 Å². The van der Waals surface area contributed by atoms with Gasteiger partial charge in [-0.1, -0.05) is 13.8 Å². The van der Waals surface area contributed by atoms with Crippen LogP contribution in [0.2, 0.25) is 0 Å². The Balaban J connectivity index is 4.24. The van der Waals surface area contributed by atoms with Crippen molar-refractivity contribution in [3.8, 4) is 0 Å². The quantitative estimate of drug-likeness (QED) is 0.642. The molecule has 0 saturated carbocycles. The number of carboxylic acid groups (broad SMARTS) is 1. The third-order valence-electron chi connectivity index (χ3n) is 2.10. The Labute approximate surface area is 90.5 Å². The minimum atomic E-state index is -0.986. The van der Waals surface area contributed by atoms with Gasteiger partial charge in [0.15, 0.2) is 0 Å². The van der Waals surface area contributed by atoms with Crippen LogP contribution in [-0.4, -0.2) is 47.6 Å². The number of carbonyl (C=O) groups excluding carboxylic acids is 1. The second-order valence-corrected chi connectivity index (χ2v) is 3.48. The van der Waals surface area contributed by atoms with E-state index in [1.165, 1.54) is 6.92 Å². The molecule has 1 amide bonds. The second-order valence-electron chi connectivity index (χ2n) is 3.48. The minimum absolute atomic E-state index is 0.310. The Morgan fingerprint density at radius 2 is 2.00 bits per heavy atom. The number of hydrogen-bond donors (Lipinski definition) is 2. The van der Waals surface area contributed by atoms with E-state index in [1.807, 2.05) is 18.7 Å². The van der Waals surface area contributed by atoms with Gasteiger partial charge in [0, 0.05) is 13.5 Å². The van der Waals surface area contributed by atoms with Crippen molar-refractivity contribution in [3.05, 3.63) is 0 Å². The largest absolute Gasteiger partial charge is 0.480 e. The highest BCUT2D eigenvalue weighted by Gasteiger charge is 2.20. The maximum Gasteiger partial charge on any atom is 0.327 e. The number of carbonyl (C=O) groups is 2. The Bertz CT molecular complexity index is 219. The average Bonchev–Trinajstić information content (AvgIpc) is 2.14. The van der Waals surface area contributed by atoms with E-state index in [2.05, 4.69) is 5.32 Å². The lowest BCUT2D eigenvalue weighted by molar-refractivity contribution is -0.142. The summed E-state index contributed by atoms with van der Waals surface area (Å²) >= 11 is 0. The minimum Gasteiger partial charge on any atom is -0.480 e. The van der Waals surface area contributed by atoms with E-state index in [4.69, 9.17) is 5.11 Å². The Morgan fingerprint density at radius 3 is 2.33 bits per heavy atom. The molecule has 1 unspecified atom stereocenters. The molecule has 0 aliphatic rings. The molecule has 88 valence electrons. The van der Waals surface area contributed by atoms with Crippen LogP contribution in [0.15, 0.2) is 0 Å². The Kier molecular flexibility index (Phi) is 6.70. The first-order valence-corrected chi connectivity index (χ1v) is 5.23. The first-order valence-electron chi connectivity index (χ1n) is 5.23. The fraction of sp³-hybridized carbons (Fsp3) is 0.800. The molecule has 0 bridgehead atoms. The lowest BCUT2D eigenvalue weighted by Gasteiger charge is -2.23. The van der Waals surface area contributed by atoms with Gasteiger partial charge < -0.3 is 15.3 Å². The summed E-state index contributed by atoms with van der Waals surface area (Å²) in [5, 5.41) is 11.3. The van der Waals surface area contributed by atoms with Gasteiger partial charge in [-0.25, -0.2) is 4.79 Å². The molecule has 0 fully saturated rings. The molecule has 2 N–H and O–H groups in total. The van der Waals surface area contributed by atoms with Crippen molar-refractivity contribution in [2.75, 3.05) is 19.6 Å². The molecule has 0 aromatic rings. The van der Waals surface area contributed by atoms with E-state index in [-0.39, 0.29) is 5.91 Å². The third-order valence-corrected chi connectivity index (χ3v) is 2.10. The van der Waals surface area contributed by atoms with Crippen molar-refractivity contribution in [1.82, 2.24) is 10.2 Å². The van der Waals surface area contributed by atoms with Crippen LogP contribution in [0, 0.1) is 0 Å². The number of aliphatic carboxylic acids is 1. The number of carboxylic acids is 1. The first kappa shape index (κ1) is 13.9. The number of likely N-dealkylation sites (N-methyl/N-ethyl adjacent to an activating group) is 1. The van der Waals surface area contributed by atoms with Gasteiger partial charge in [0.25, 0.3) is 0 Å². The van der Waals surface area contributed by atoms with Crippen LogP contribution >= 0.6 is 0 Å². The smallest absolute Gasteiger partial charge is 0.327 e. The van der Waals surface area contributed by atoms with E-state index >= 15 is 0 Å². The molecule has 0 aliphatic heterocycles. The molecule has 0 aromatic carbocycles. The molecule has 0 aromatic heterocycles. The predicted octanol–water partition coefficient (Wildman–Crippen LogP) is 0.308. The zero-order valence-electron chi connectivity index (χ0n) is 9.62. The molecule has 0 spiro atoms. The SMILES string of the molecule is CCCN(CC)CC(NC(C)=O)C(=O)O. The highest BCUT2D eigenvalue weighted by atomic mass is 16.4. The van der Waals surface area contributed by atoms with Gasteiger partial charge in [0.05, 0.1) is 0 Å². The Morgan fingerprint density at radius 1 is 1.40 bits per heavy atom. The van der Waals surface area contributed by atoms with Crippen molar-refractivity contribution in [2.24, 2.45) is 0 Å². The van der Waals surface area contributed by atoms with E-state index in [0.29, 0.717) is 6.54 Å². The molecule has 1 atom stereocenters. The topological polar surface area (TPSA) is 69.6 Å². The zero-order chi connectivity index (χ0) is 11.8. The molecular weight excluding hydrogens is 196 g/mol. The molecule has 0 aliphatic carbocycles. The first-order chi connectivity index (χ1) is 7.01. The van der Waals surface area contributed by atoms with Gasteiger partial charge in [-0.2, -0.15) is 0 Å². The Hall–Kier alpha value is -1.10. The molecule has 0 saturated heterocycles. The molecular formula is C10H20N2O3. The van der Waals surface area contributed by atoms with Crippen molar-refractivity contribution in [2.45, 2.75) is 33.2 Å². The van der Waals surface area contributed by atoms with E-state index in [0.717, 1.165) is 19.5 Å². The summed E-state index contributed by atoms with van der Waals surface area (Å²) < 4.78 is 0. The summed E-state index contributed by atoms with van der Waals surface area (Å²) in [4.78, 5) is 23.7. The van der Waals surface area contributed by atoms with Crippen molar-refractivity contribution in [3.63, 3.8) is 0 Å². The lowest BCUT2D eigenvalue weighted by Crippen LogP contribution is -2.48. The number of nitrogens with zero attached hydrogens (tertiary/aromatic N) is 1. The van der Waals surface area contributed by atoms with E-state index in [1.54, 1.807) is 0 Å². The summed E-state index contributed by atoms with van der Waals surface area (Å²) in [7, 11) is 0. The maximum atomic E-state index is 10.8. The lowest BCUT2D eigenvalue weighted by atomic mass is 10.2. The zero-order valence-corrected chi connectivity index (χ0v) is 9.62. The molecule has 0 heterocycles. The molecule has 0 radical (unpaired) electrons. The van der Waals surface area contributed by atoms with Crippen LogP contribution in [0.4, 0.5) is 0 Å². The van der Waals surface area contributed by atoms with Gasteiger partial charge >= 0.3 is 5.97 Å². The summed E-state index contributed by atoms with van der Waals surface area (Å²) in [5.74, 6) is -1.30. The normalized spacial score (nSPS) is 12.5. The van der Waals surface area contributed by atoms with Crippen molar-refractivity contribution >= 4 is 11.9 Å². The van der Waals surface area contributed by atoms with Crippen LogP contribution in [0.25, 0.3) is 0 Å². The number of nitrogens with one attached hydrogen (secondary N) is 1. The predicted molar refractivity (Wildman–Crippen MR) is 57.6 cm³/mol. The van der Waals surface area contributed by atoms with Crippen LogP contribution in [0.1, 0.15) is 27.2 Å². The highest BCUT2D eigenvalue weighted by molar-refractivity contribution is 5.82. The van der Waals surface area contributed by atoms with E-state index in [9.17, 15) is 9.59 Å². The fourth-order valence-electron chi connectivity index (χ4n) is 1.38. The number of hydrogen-bond acceptors (Lipinski definition) is 3. The molecule has 5 nitrogen and oxygen atoms in total. The summed E-state index contributed by atoms with van der Waals surface area (Å²) in [6, 6.07) is -0.811. The van der Waals surface area contributed by atoms with Crippen molar-refractivity contribution in [1.29, 1.82) is 0 Å². The molecule has 15 heavy (non-hydrogen) atoms. The summed E-state index contributed by atoms with van der Waals surface area (Å²) in [5.41, 5.74) is 0. The average molecular weight is 216 g/mol. The van der Waals surface area contributed by atoms with Crippen LogP contribution in [-0.2, 0) is 9.59 Å². The van der Waals surface area contributed by atoms with E-state index < -0.39 is 12.0 Å². The fourth-order valence-corrected chi connectivity index (χ4v) is 1.38. The maximum absolute atomic E-state index is 10.8. The third kappa shape index (κ3) is 6.06. The van der Waals surface area contributed by atoms with Gasteiger partial charge in [-0.05, 0) is 19.5 Å². The number of amides is 1. The van der Waals surface area contributed by atoms with Gasteiger partial charge in [0.2, 0.25) is 5.91 Å².